The first-order valence-corrected chi connectivity index (χ1v) is 7.15. The van der Waals surface area contributed by atoms with Gasteiger partial charge in [-0.15, -0.1) is 0 Å². The van der Waals surface area contributed by atoms with Crippen molar-refractivity contribution in [3.8, 4) is 0 Å². The minimum absolute atomic E-state index is 0.0779. The lowest BCUT2D eigenvalue weighted by molar-refractivity contribution is -0.122. The molecule has 0 saturated heterocycles. The number of anilines is 3. The first-order chi connectivity index (χ1) is 10.6. The second kappa shape index (κ2) is 5.89. The highest BCUT2D eigenvalue weighted by atomic mass is 16.2. The minimum atomic E-state index is -0.570. The number of aryl methyl sites for hydroxylation is 1. The molecule has 5 nitrogen and oxygen atoms in total. The van der Waals surface area contributed by atoms with Gasteiger partial charge in [0.05, 0.1) is 17.8 Å². The quantitative estimate of drug-likeness (QED) is 0.815. The van der Waals surface area contributed by atoms with E-state index in [-0.39, 0.29) is 18.2 Å². The highest BCUT2D eigenvalue weighted by Gasteiger charge is 2.27. The monoisotopic (exact) mass is 295 g/mol. The average molecular weight is 295 g/mol. The van der Waals surface area contributed by atoms with Crippen molar-refractivity contribution in [1.29, 1.82) is 0 Å². The van der Waals surface area contributed by atoms with Gasteiger partial charge in [-0.05, 0) is 30.7 Å². The van der Waals surface area contributed by atoms with E-state index in [1.54, 1.807) is 0 Å². The SMILES string of the molecule is Cc1ccccc1NC(=O)CC1Nc2ccccc2NC1=O. The van der Waals surface area contributed by atoms with Gasteiger partial charge in [-0.3, -0.25) is 9.59 Å². The van der Waals surface area contributed by atoms with E-state index in [1.807, 2.05) is 55.5 Å². The summed E-state index contributed by atoms with van der Waals surface area (Å²) in [5.41, 5.74) is 3.32. The summed E-state index contributed by atoms with van der Waals surface area (Å²) < 4.78 is 0. The highest BCUT2D eigenvalue weighted by molar-refractivity contribution is 6.06. The molecular weight excluding hydrogens is 278 g/mol. The van der Waals surface area contributed by atoms with Gasteiger partial charge in [0.25, 0.3) is 0 Å². The summed E-state index contributed by atoms with van der Waals surface area (Å²) in [6, 6.07) is 14.4. The average Bonchev–Trinajstić information content (AvgIpc) is 2.50. The van der Waals surface area contributed by atoms with E-state index in [2.05, 4.69) is 16.0 Å². The van der Waals surface area contributed by atoms with Crippen LogP contribution in [0.4, 0.5) is 17.1 Å². The van der Waals surface area contributed by atoms with E-state index in [4.69, 9.17) is 0 Å². The van der Waals surface area contributed by atoms with Gasteiger partial charge in [0.15, 0.2) is 0 Å². The highest BCUT2D eigenvalue weighted by Crippen LogP contribution is 2.26. The van der Waals surface area contributed by atoms with Gasteiger partial charge >= 0.3 is 0 Å². The van der Waals surface area contributed by atoms with E-state index >= 15 is 0 Å². The predicted molar refractivity (Wildman–Crippen MR) is 86.9 cm³/mol. The Balaban J connectivity index is 1.67. The van der Waals surface area contributed by atoms with Crippen molar-refractivity contribution in [3.63, 3.8) is 0 Å². The maximum atomic E-state index is 12.2. The molecule has 22 heavy (non-hydrogen) atoms. The van der Waals surface area contributed by atoms with Crippen molar-refractivity contribution in [2.45, 2.75) is 19.4 Å². The lowest BCUT2D eigenvalue weighted by atomic mass is 10.1. The zero-order chi connectivity index (χ0) is 15.5. The third kappa shape index (κ3) is 2.93. The number of rotatable bonds is 3. The second-order valence-electron chi connectivity index (χ2n) is 5.30. The number of nitrogens with one attached hydrogen (secondary N) is 3. The van der Waals surface area contributed by atoms with Crippen LogP contribution in [-0.2, 0) is 9.59 Å². The molecule has 0 saturated carbocycles. The van der Waals surface area contributed by atoms with E-state index in [9.17, 15) is 9.59 Å². The van der Waals surface area contributed by atoms with Crippen LogP contribution in [0.3, 0.4) is 0 Å². The molecule has 0 aliphatic carbocycles. The third-order valence-corrected chi connectivity index (χ3v) is 3.64. The minimum Gasteiger partial charge on any atom is -0.372 e. The normalized spacial score (nSPS) is 16.2. The first kappa shape index (κ1) is 14.1. The molecule has 1 atom stereocenters. The maximum Gasteiger partial charge on any atom is 0.247 e. The lowest BCUT2D eigenvalue weighted by Gasteiger charge is -2.26. The van der Waals surface area contributed by atoms with Gasteiger partial charge in [0.2, 0.25) is 11.8 Å². The Morgan fingerprint density at radius 1 is 1.09 bits per heavy atom. The van der Waals surface area contributed by atoms with Crippen LogP contribution >= 0.6 is 0 Å². The van der Waals surface area contributed by atoms with Crippen LogP contribution in [-0.4, -0.2) is 17.9 Å². The van der Waals surface area contributed by atoms with Gasteiger partial charge < -0.3 is 16.0 Å². The molecule has 0 bridgehead atoms. The van der Waals surface area contributed by atoms with Crippen molar-refractivity contribution in [3.05, 3.63) is 54.1 Å². The molecular formula is C17H17N3O2. The summed E-state index contributed by atoms with van der Waals surface area (Å²) >= 11 is 0. The zero-order valence-electron chi connectivity index (χ0n) is 12.2. The van der Waals surface area contributed by atoms with Crippen LogP contribution in [0.2, 0.25) is 0 Å². The lowest BCUT2D eigenvalue weighted by Crippen LogP contribution is -2.41. The number of para-hydroxylation sites is 3. The number of fused-ring (bicyclic) bond motifs is 1. The molecule has 3 N–H and O–H groups in total. The maximum absolute atomic E-state index is 12.2. The predicted octanol–water partition coefficient (Wildman–Crippen LogP) is 2.76. The molecule has 2 aromatic rings. The summed E-state index contributed by atoms with van der Waals surface area (Å²) in [7, 11) is 0. The molecule has 0 fully saturated rings. The van der Waals surface area contributed by atoms with Gasteiger partial charge in [-0.25, -0.2) is 0 Å². The summed E-state index contributed by atoms with van der Waals surface area (Å²) in [5, 5.41) is 8.76. The number of carbonyl (C=O) groups excluding carboxylic acids is 2. The Labute approximate surface area is 128 Å². The van der Waals surface area contributed by atoms with Crippen molar-refractivity contribution >= 4 is 28.9 Å². The van der Waals surface area contributed by atoms with Crippen molar-refractivity contribution < 1.29 is 9.59 Å². The standard InChI is InChI=1S/C17H17N3O2/c1-11-6-2-3-7-12(11)19-16(21)10-15-17(22)20-14-9-5-4-8-13(14)18-15/h2-9,15,18H,10H2,1H3,(H,19,21)(H,20,22). The molecule has 0 aromatic heterocycles. The Morgan fingerprint density at radius 3 is 2.55 bits per heavy atom. The van der Waals surface area contributed by atoms with Crippen LogP contribution in [0.25, 0.3) is 0 Å². The topological polar surface area (TPSA) is 70.2 Å². The smallest absolute Gasteiger partial charge is 0.247 e. The van der Waals surface area contributed by atoms with Gasteiger partial charge in [-0.1, -0.05) is 30.3 Å². The van der Waals surface area contributed by atoms with Gasteiger partial charge in [-0.2, -0.15) is 0 Å². The van der Waals surface area contributed by atoms with E-state index < -0.39 is 6.04 Å². The molecule has 3 rings (SSSR count). The van der Waals surface area contributed by atoms with Crippen LogP contribution in [0.1, 0.15) is 12.0 Å². The van der Waals surface area contributed by atoms with E-state index in [1.165, 1.54) is 0 Å². The number of carbonyl (C=O) groups is 2. The van der Waals surface area contributed by atoms with Crippen LogP contribution in [0, 0.1) is 6.92 Å². The molecule has 5 heteroatoms. The summed E-state index contributed by atoms with van der Waals surface area (Å²) in [6.07, 6.45) is 0.0779. The van der Waals surface area contributed by atoms with Crippen molar-refractivity contribution in [1.82, 2.24) is 0 Å². The van der Waals surface area contributed by atoms with Gasteiger partial charge in [0.1, 0.15) is 6.04 Å². The van der Waals surface area contributed by atoms with E-state index in [0.717, 1.165) is 22.6 Å². The molecule has 2 amide bonds. The van der Waals surface area contributed by atoms with Crippen molar-refractivity contribution in [2.24, 2.45) is 0 Å². The van der Waals surface area contributed by atoms with E-state index in [0.29, 0.717) is 0 Å². The molecule has 1 unspecified atom stereocenters. The summed E-state index contributed by atoms with van der Waals surface area (Å²) in [4.78, 5) is 24.2. The fourth-order valence-electron chi connectivity index (χ4n) is 2.43. The fraction of sp³-hybridized carbons (Fsp3) is 0.176. The molecule has 2 aromatic carbocycles. The molecule has 1 aliphatic rings. The molecule has 0 radical (unpaired) electrons. The molecule has 112 valence electrons. The Bertz CT molecular complexity index is 727. The number of hydrogen-bond acceptors (Lipinski definition) is 3. The second-order valence-corrected chi connectivity index (χ2v) is 5.30. The first-order valence-electron chi connectivity index (χ1n) is 7.15. The summed E-state index contributed by atoms with van der Waals surface area (Å²) in [5.74, 6) is -0.389. The zero-order valence-corrected chi connectivity index (χ0v) is 12.2. The van der Waals surface area contributed by atoms with Crippen LogP contribution in [0.5, 0.6) is 0 Å². The molecule has 1 aliphatic heterocycles. The Hall–Kier alpha value is -2.82. The number of hydrogen-bond donors (Lipinski definition) is 3. The Kier molecular flexibility index (Phi) is 3.78. The van der Waals surface area contributed by atoms with Crippen LogP contribution < -0.4 is 16.0 Å². The van der Waals surface area contributed by atoms with Gasteiger partial charge in [0, 0.05) is 5.69 Å². The largest absolute Gasteiger partial charge is 0.372 e. The van der Waals surface area contributed by atoms with Crippen molar-refractivity contribution in [2.75, 3.05) is 16.0 Å². The molecule has 0 spiro atoms. The fourth-order valence-corrected chi connectivity index (χ4v) is 2.43. The number of amides is 2. The Morgan fingerprint density at radius 2 is 1.77 bits per heavy atom. The number of benzene rings is 2. The molecule has 1 heterocycles. The third-order valence-electron chi connectivity index (χ3n) is 3.64. The summed E-state index contributed by atoms with van der Waals surface area (Å²) in [6.45, 7) is 1.93. The van der Waals surface area contributed by atoms with Crippen LogP contribution in [0.15, 0.2) is 48.5 Å².